The number of rotatable bonds is 8. The monoisotopic (exact) mass is 495 g/mol. The van der Waals surface area contributed by atoms with Crippen LogP contribution in [0, 0.1) is 17.2 Å². The molecule has 4 rings (SSSR count). The highest BCUT2D eigenvalue weighted by molar-refractivity contribution is 5.93. The van der Waals surface area contributed by atoms with E-state index in [4.69, 9.17) is 5.11 Å². The molecule has 2 fully saturated rings. The molecule has 2 aliphatic rings. The molecule has 0 radical (unpaired) electrons. The van der Waals surface area contributed by atoms with Crippen molar-refractivity contribution in [2.24, 2.45) is 11.3 Å². The minimum atomic E-state index is -1.01. The highest BCUT2D eigenvalue weighted by Gasteiger charge is 2.52. The molecule has 0 unspecified atom stereocenters. The van der Waals surface area contributed by atoms with E-state index in [0.29, 0.717) is 50.5 Å². The number of anilines is 1. The fraction of sp³-hybridized carbons (Fsp3) is 0.464. The molecule has 36 heavy (non-hydrogen) atoms. The molecule has 2 N–H and O–H groups in total. The van der Waals surface area contributed by atoms with Crippen LogP contribution in [0.5, 0.6) is 0 Å². The number of carbonyl (C=O) groups is 3. The van der Waals surface area contributed by atoms with Crippen LogP contribution in [0.25, 0.3) is 0 Å². The zero-order valence-electron chi connectivity index (χ0n) is 20.9. The second-order valence-corrected chi connectivity index (χ2v) is 10.5. The average molecular weight is 496 g/mol. The van der Waals surface area contributed by atoms with E-state index in [1.807, 2.05) is 4.90 Å². The molecule has 8 heteroatoms. The fourth-order valence-electron chi connectivity index (χ4n) is 5.48. The van der Waals surface area contributed by atoms with Crippen molar-refractivity contribution < 1.29 is 23.9 Å². The van der Waals surface area contributed by atoms with Crippen molar-refractivity contribution in [1.82, 2.24) is 9.80 Å². The largest absolute Gasteiger partial charge is 0.478 e. The van der Waals surface area contributed by atoms with E-state index in [2.05, 4.69) is 24.1 Å². The van der Waals surface area contributed by atoms with Gasteiger partial charge in [-0.3, -0.25) is 14.5 Å². The Balaban J connectivity index is 1.36. The molecule has 1 spiro atoms. The molecule has 2 saturated heterocycles. The molecular formula is C28H34FN3O4. The lowest BCUT2D eigenvalue weighted by molar-refractivity contribution is -0.139. The number of hydrogen-bond acceptors (Lipinski definition) is 4. The molecular weight excluding hydrogens is 461 g/mol. The van der Waals surface area contributed by atoms with Crippen LogP contribution in [0.3, 0.4) is 0 Å². The summed E-state index contributed by atoms with van der Waals surface area (Å²) in [5, 5.41) is 11.8. The van der Waals surface area contributed by atoms with Crippen molar-refractivity contribution in [2.45, 2.75) is 45.6 Å². The van der Waals surface area contributed by atoms with E-state index in [1.165, 1.54) is 24.3 Å². The molecule has 192 valence electrons. The Hall–Kier alpha value is -3.26. The SMILES string of the molecule is CC(C)CN1C(=O)C2(CCN(CC(=O)Nc3ccc(C(=O)O)cc3)CC2)C[C@@H]1Cc1ccc(F)cc1. The van der Waals surface area contributed by atoms with Gasteiger partial charge >= 0.3 is 5.97 Å². The number of carboxylic acid groups (broad SMARTS) is 1. The summed E-state index contributed by atoms with van der Waals surface area (Å²) in [6.45, 7) is 6.48. The van der Waals surface area contributed by atoms with Gasteiger partial charge in [-0.25, -0.2) is 9.18 Å². The summed E-state index contributed by atoms with van der Waals surface area (Å²) in [5.41, 5.74) is 1.35. The fourth-order valence-corrected chi connectivity index (χ4v) is 5.48. The summed E-state index contributed by atoms with van der Waals surface area (Å²) in [7, 11) is 0. The van der Waals surface area contributed by atoms with Crippen molar-refractivity contribution in [3.63, 3.8) is 0 Å². The zero-order chi connectivity index (χ0) is 25.9. The Morgan fingerprint density at radius 3 is 2.31 bits per heavy atom. The minimum absolute atomic E-state index is 0.0917. The molecule has 2 aromatic rings. The predicted octanol–water partition coefficient (Wildman–Crippen LogP) is 4.04. The number of piperidine rings is 1. The Morgan fingerprint density at radius 2 is 1.72 bits per heavy atom. The third-order valence-electron chi connectivity index (χ3n) is 7.32. The van der Waals surface area contributed by atoms with Gasteiger partial charge in [0.1, 0.15) is 5.82 Å². The molecule has 0 bridgehead atoms. The molecule has 7 nitrogen and oxygen atoms in total. The minimum Gasteiger partial charge on any atom is -0.478 e. The van der Waals surface area contributed by atoms with E-state index < -0.39 is 11.4 Å². The summed E-state index contributed by atoms with van der Waals surface area (Å²) < 4.78 is 13.4. The normalized spacial score (nSPS) is 19.7. The summed E-state index contributed by atoms with van der Waals surface area (Å²) in [4.78, 5) is 41.3. The van der Waals surface area contributed by atoms with E-state index in [-0.39, 0.29) is 35.8 Å². The molecule has 2 aromatic carbocycles. The second-order valence-electron chi connectivity index (χ2n) is 10.5. The number of carboxylic acids is 1. The van der Waals surface area contributed by atoms with Gasteiger partial charge in [0.2, 0.25) is 11.8 Å². The topological polar surface area (TPSA) is 90.0 Å². The first kappa shape index (κ1) is 25.8. The van der Waals surface area contributed by atoms with E-state index in [9.17, 15) is 18.8 Å². The first-order chi connectivity index (χ1) is 17.1. The van der Waals surface area contributed by atoms with Gasteiger partial charge in [0.05, 0.1) is 17.5 Å². The maximum Gasteiger partial charge on any atom is 0.335 e. The van der Waals surface area contributed by atoms with Crippen molar-refractivity contribution in [1.29, 1.82) is 0 Å². The Bertz CT molecular complexity index is 1090. The van der Waals surface area contributed by atoms with Crippen LogP contribution < -0.4 is 5.32 Å². The smallest absolute Gasteiger partial charge is 0.335 e. The van der Waals surface area contributed by atoms with Crippen LogP contribution in [0.2, 0.25) is 0 Å². The summed E-state index contributed by atoms with van der Waals surface area (Å²) in [6.07, 6.45) is 2.92. The number of carbonyl (C=O) groups excluding carboxylic acids is 2. The van der Waals surface area contributed by atoms with Gasteiger partial charge in [0.15, 0.2) is 0 Å². The average Bonchev–Trinajstić information content (AvgIpc) is 3.07. The molecule has 0 aliphatic carbocycles. The van der Waals surface area contributed by atoms with Crippen LogP contribution in [0.1, 0.15) is 49.0 Å². The number of likely N-dealkylation sites (tertiary alicyclic amines) is 2. The predicted molar refractivity (Wildman–Crippen MR) is 135 cm³/mol. The van der Waals surface area contributed by atoms with Crippen LogP contribution in [0.15, 0.2) is 48.5 Å². The molecule has 1 atom stereocenters. The van der Waals surface area contributed by atoms with Crippen molar-refractivity contribution >= 4 is 23.5 Å². The van der Waals surface area contributed by atoms with Gasteiger partial charge < -0.3 is 15.3 Å². The maximum absolute atomic E-state index is 13.6. The van der Waals surface area contributed by atoms with Crippen molar-refractivity contribution in [3.8, 4) is 0 Å². The van der Waals surface area contributed by atoms with Gasteiger partial charge in [0.25, 0.3) is 0 Å². The van der Waals surface area contributed by atoms with Crippen LogP contribution >= 0.6 is 0 Å². The van der Waals surface area contributed by atoms with Gasteiger partial charge in [-0.05, 0) is 86.7 Å². The summed E-state index contributed by atoms with van der Waals surface area (Å²) >= 11 is 0. The first-order valence-corrected chi connectivity index (χ1v) is 12.6. The molecule has 2 amide bonds. The van der Waals surface area contributed by atoms with Gasteiger partial charge in [-0.2, -0.15) is 0 Å². The number of aromatic carboxylic acids is 1. The zero-order valence-corrected chi connectivity index (χ0v) is 20.9. The Morgan fingerprint density at radius 1 is 1.08 bits per heavy atom. The third-order valence-corrected chi connectivity index (χ3v) is 7.32. The van der Waals surface area contributed by atoms with Crippen molar-refractivity contribution in [3.05, 3.63) is 65.5 Å². The van der Waals surface area contributed by atoms with Crippen LogP contribution in [-0.4, -0.2) is 64.9 Å². The van der Waals surface area contributed by atoms with Crippen LogP contribution in [-0.2, 0) is 16.0 Å². The molecule has 2 aliphatic heterocycles. The maximum atomic E-state index is 13.6. The van der Waals surface area contributed by atoms with Gasteiger partial charge in [-0.1, -0.05) is 26.0 Å². The second kappa shape index (κ2) is 10.8. The summed E-state index contributed by atoms with van der Waals surface area (Å²) in [5.74, 6) is -0.865. The number of halogens is 1. The van der Waals surface area contributed by atoms with Gasteiger partial charge in [0, 0.05) is 18.3 Å². The Labute approximate surface area is 211 Å². The van der Waals surface area contributed by atoms with Crippen molar-refractivity contribution in [2.75, 3.05) is 31.5 Å². The number of hydrogen-bond donors (Lipinski definition) is 2. The summed E-state index contributed by atoms with van der Waals surface area (Å²) in [6, 6.07) is 12.7. The standard InChI is InChI=1S/C28H34FN3O4/c1-19(2)17-32-24(15-20-3-7-22(29)8-4-20)16-28(27(32)36)11-13-31(14-12-28)18-25(33)30-23-9-5-21(6-10-23)26(34)35/h3-10,19,24H,11-18H2,1-2H3,(H,30,33)(H,34,35)/t24-/m0/s1. The number of amides is 2. The Kier molecular flexibility index (Phi) is 7.73. The number of benzene rings is 2. The molecule has 0 saturated carbocycles. The van der Waals surface area contributed by atoms with E-state index in [0.717, 1.165) is 12.0 Å². The number of nitrogens with zero attached hydrogens (tertiary/aromatic N) is 2. The highest BCUT2D eigenvalue weighted by Crippen LogP contribution is 2.45. The van der Waals surface area contributed by atoms with E-state index >= 15 is 0 Å². The lowest BCUT2D eigenvalue weighted by atomic mass is 9.75. The lowest BCUT2D eigenvalue weighted by Gasteiger charge is -2.37. The van der Waals surface area contributed by atoms with E-state index in [1.54, 1.807) is 24.3 Å². The lowest BCUT2D eigenvalue weighted by Crippen LogP contribution is -2.47. The van der Waals surface area contributed by atoms with Gasteiger partial charge in [-0.15, -0.1) is 0 Å². The first-order valence-electron chi connectivity index (χ1n) is 12.6. The van der Waals surface area contributed by atoms with Crippen LogP contribution in [0.4, 0.5) is 10.1 Å². The quantitative estimate of drug-likeness (QED) is 0.577. The molecule has 0 aromatic heterocycles. The highest BCUT2D eigenvalue weighted by atomic mass is 19.1. The third kappa shape index (κ3) is 5.93. The molecule has 2 heterocycles. The number of nitrogens with one attached hydrogen (secondary N) is 1.